The Bertz CT molecular complexity index is 306. The van der Waals surface area contributed by atoms with Gasteiger partial charge in [-0.15, -0.1) is 11.8 Å². The molecule has 2 atom stereocenters. The van der Waals surface area contributed by atoms with Crippen LogP contribution in [0.4, 0.5) is 0 Å². The van der Waals surface area contributed by atoms with Crippen LogP contribution in [0.1, 0.15) is 19.3 Å². The Hall–Kier alpha value is -0.750. The highest BCUT2D eigenvalue weighted by atomic mass is 32.2. The fourth-order valence-corrected chi connectivity index (χ4v) is 2.68. The normalized spacial score (nSPS) is 28.0. The molecule has 0 aromatic rings. The van der Waals surface area contributed by atoms with Gasteiger partial charge in [-0.25, -0.2) is 0 Å². The first-order chi connectivity index (χ1) is 8.16. The van der Waals surface area contributed by atoms with Crippen LogP contribution in [0.5, 0.6) is 0 Å². The van der Waals surface area contributed by atoms with E-state index in [1.807, 2.05) is 0 Å². The van der Waals surface area contributed by atoms with Gasteiger partial charge < -0.3 is 15.2 Å². The minimum Gasteiger partial charge on any atom is -0.481 e. The fraction of sp³-hybridized carbons (Fsp3) is 0.818. The molecular formula is C11H17NO4S. The van der Waals surface area contributed by atoms with Crippen molar-refractivity contribution in [1.29, 1.82) is 0 Å². The Kier molecular flexibility index (Phi) is 4.28. The molecule has 2 rings (SSSR count). The van der Waals surface area contributed by atoms with Crippen molar-refractivity contribution in [2.45, 2.75) is 31.4 Å². The van der Waals surface area contributed by atoms with Crippen LogP contribution >= 0.6 is 11.8 Å². The van der Waals surface area contributed by atoms with Crippen LogP contribution in [-0.4, -0.2) is 47.2 Å². The second-order valence-corrected chi connectivity index (χ2v) is 5.51. The van der Waals surface area contributed by atoms with Crippen LogP contribution < -0.4 is 5.32 Å². The molecule has 6 heteroatoms. The molecule has 1 saturated carbocycles. The third-order valence-corrected chi connectivity index (χ3v) is 3.94. The van der Waals surface area contributed by atoms with E-state index < -0.39 is 5.97 Å². The van der Waals surface area contributed by atoms with Crippen LogP contribution in [0.2, 0.25) is 0 Å². The van der Waals surface area contributed by atoms with Crippen LogP contribution in [0.3, 0.4) is 0 Å². The van der Waals surface area contributed by atoms with E-state index in [9.17, 15) is 9.59 Å². The van der Waals surface area contributed by atoms with Crippen molar-refractivity contribution in [2.75, 3.05) is 18.1 Å². The standard InChI is InChI=1S/C11H17NO4S/c13-9(5-17-6-10(14)15)12-8-3-4-16-11(8)7-1-2-7/h7-8,11H,1-6H2,(H,12,13)(H,14,15). The third kappa shape index (κ3) is 3.89. The molecule has 5 nitrogen and oxygen atoms in total. The summed E-state index contributed by atoms with van der Waals surface area (Å²) >= 11 is 1.13. The van der Waals surface area contributed by atoms with Gasteiger partial charge in [0.15, 0.2) is 0 Å². The molecule has 2 N–H and O–H groups in total. The molecule has 0 bridgehead atoms. The van der Waals surface area contributed by atoms with Gasteiger partial charge in [-0.05, 0) is 25.2 Å². The number of amides is 1. The average molecular weight is 259 g/mol. The summed E-state index contributed by atoms with van der Waals surface area (Å²) in [5.74, 6) is -0.171. The number of carbonyl (C=O) groups excluding carboxylic acids is 1. The Morgan fingerprint density at radius 1 is 1.29 bits per heavy atom. The highest BCUT2D eigenvalue weighted by Gasteiger charge is 2.41. The van der Waals surface area contributed by atoms with Gasteiger partial charge in [0.1, 0.15) is 0 Å². The predicted octanol–water partition coefficient (Wildman–Crippen LogP) is 0.488. The van der Waals surface area contributed by atoms with Gasteiger partial charge in [0.05, 0.1) is 23.7 Å². The van der Waals surface area contributed by atoms with Crippen molar-refractivity contribution >= 4 is 23.6 Å². The second-order valence-electron chi connectivity index (χ2n) is 4.52. The summed E-state index contributed by atoms with van der Waals surface area (Å²) in [7, 11) is 0. The van der Waals surface area contributed by atoms with Gasteiger partial charge in [0.2, 0.25) is 5.91 Å². The molecule has 1 aliphatic heterocycles. The maximum atomic E-state index is 11.6. The van der Waals surface area contributed by atoms with E-state index in [-0.39, 0.29) is 29.6 Å². The molecule has 2 unspecified atom stereocenters. The van der Waals surface area contributed by atoms with E-state index in [2.05, 4.69) is 5.32 Å². The Morgan fingerprint density at radius 3 is 2.71 bits per heavy atom. The number of rotatable bonds is 6. The number of carboxylic acid groups (broad SMARTS) is 1. The highest BCUT2D eigenvalue weighted by Crippen LogP contribution is 2.38. The molecule has 1 amide bonds. The van der Waals surface area contributed by atoms with Gasteiger partial charge in [-0.3, -0.25) is 9.59 Å². The van der Waals surface area contributed by atoms with Crippen molar-refractivity contribution in [3.05, 3.63) is 0 Å². The zero-order valence-electron chi connectivity index (χ0n) is 9.55. The minimum atomic E-state index is -0.886. The summed E-state index contributed by atoms with van der Waals surface area (Å²) < 4.78 is 5.62. The van der Waals surface area contributed by atoms with Gasteiger partial charge in [-0.2, -0.15) is 0 Å². The van der Waals surface area contributed by atoms with Gasteiger partial charge in [0, 0.05) is 6.61 Å². The van der Waals surface area contributed by atoms with Gasteiger partial charge >= 0.3 is 5.97 Å². The maximum absolute atomic E-state index is 11.6. The summed E-state index contributed by atoms with van der Waals surface area (Å²) in [6, 6.07) is 0.125. The summed E-state index contributed by atoms with van der Waals surface area (Å²) in [6.07, 6.45) is 3.45. The first-order valence-corrected chi connectivity index (χ1v) is 7.03. The van der Waals surface area contributed by atoms with E-state index in [1.165, 1.54) is 12.8 Å². The second kappa shape index (κ2) is 5.73. The molecule has 1 aliphatic carbocycles. The number of thioether (sulfide) groups is 1. The topological polar surface area (TPSA) is 75.6 Å². The van der Waals surface area contributed by atoms with Crippen molar-refractivity contribution in [1.82, 2.24) is 5.32 Å². The summed E-state index contributed by atoms with van der Waals surface area (Å²) in [4.78, 5) is 21.9. The third-order valence-electron chi connectivity index (χ3n) is 3.03. The van der Waals surface area contributed by atoms with Crippen LogP contribution in [0.15, 0.2) is 0 Å². The lowest BCUT2D eigenvalue weighted by atomic mass is 10.1. The average Bonchev–Trinajstić information content (AvgIpc) is 3.00. The van der Waals surface area contributed by atoms with Crippen LogP contribution in [-0.2, 0) is 14.3 Å². The van der Waals surface area contributed by atoms with E-state index in [0.717, 1.165) is 18.2 Å². The molecule has 17 heavy (non-hydrogen) atoms. The number of hydrogen-bond acceptors (Lipinski definition) is 4. The molecule has 1 heterocycles. The molecule has 0 aromatic heterocycles. The molecule has 96 valence electrons. The zero-order valence-corrected chi connectivity index (χ0v) is 10.4. The predicted molar refractivity (Wildman–Crippen MR) is 64.0 cm³/mol. The number of hydrogen-bond donors (Lipinski definition) is 2. The Morgan fingerprint density at radius 2 is 2.06 bits per heavy atom. The lowest BCUT2D eigenvalue weighted by Gasteiger charge is -2.19. The van der Waals surface area contributed by atoms with Crippen molar-refractivity contribution in [3.8, 4) is 0 Å². The largest absolute Gasteiger partial charge is 0.481 e. The van der Waals surface area contributed by atoms with Gasteiger partial charge in [0.25, 0.3) is 0 Å². The van der Waals surface area contributed by atoms with E-state index >= 15 is 0 Å². The summed E-state index contributed by atoms with van der Waals surface area (Å²) in [6.45, 7) is 0.717. The quantitative estimate of drug-likeness (QED) is 0.726. The van der Waals surface area contributed by atoms with Crippen LogP contribution in [0.25, 0.3) is 0 Å². The van der Waals surface area contributed by atoms with E-state index in [4.69, 9.17) is 9.84 Å². The van der Waals surface area contributed by atoms with E-state index in [1.54, 1.807) is 0 Å². The first kappa shape index (κ1) is 12.7. The number of ether oxygens (including phenoxy) is 1. The molecule has 0 spiro atoms. The minimum absolute atomic E-state index is 0.0271. The number of aliphatic carboxylic acids is 1. The summed E-state index contributed by atoms with van der Waals surface area (Å²) in [5.41, 5.74) is 0. The monoisotopic (exact) mass is 259 g/mol. The number of carboxylic acids is 1. The van der Waals surface area contributed by atoms with E-state index in [0.29, 0.717) is 12.5 Å². The van der Waals surface area contributed by atoms with Crippen molar-refractivity contribution in [2.24, 2.45) is 5.92 Å². The molecule has 1 saturated heterocycles. The van der Waals surface area contributed by atoms with Crippen molar-refractivity contribution in [3.63, 3.8) is 0 Å². The number of nitrogens with one attached hydrogen (secondary N) is 1. The lowest BCUT2D eigenvalue weighted by Crippen LogP contribution is -2.42. The van der Waals surface area contributed by atoms with Crippen LogP contribution in [0, 0.1) is 5.92 Å². The SMILES string of the molecule is O=C(O)CSCC(=O)NC1CCOC1C1CC1. The lowest BCUT2D eigenvalue weighted by molar-refractivity contribution is -0.133. The molecular weight excluding hydrogens is 242 g/mol. The molecule has 0 radical (unpaired) electrons. The Labute approximate surface area is 104 Å². The molecule has 2 fully saturated rings. The zero-order chi connectivity index (χ0) is 12.3. The van der Waals surface area contributed by atoms with Gasteiger partial charge in [-0.1, -0.05) is 0 Å². The highest BCUT2D eigenvalue weighted by molar-refractivity contribution is 8.00. The fourth-order valence-electron chi connectivity index (χ4n) is 2.13. The Balaban J connectivity index is 1.68. The maximum Gasteiger partial charge on any atom is 0.313 e. The number of carbonyl (C=O) groups is 2. The molecule has 0 aromatic carbocycles. The molecule has 2 aliphatic rings. The smallest absolute Gasteiger partial charge is 0.313 e. The van der Waals surface area contributed by atoms with Crippen molar-refractivity contribution < 1.29 is 19.4 Å². The first-order valence-electron chi connectivity index (χ1n) is 5.87. The summed E-state index contributed by atoms with van der Waals surface area (Å²) in [5, 5.41) is 11.4.